The first-order valence-corrected chi connectivity index (χ1v) is 4.85. The number of nitrogens with zero attached hydrogens (tertiary/aromatic N) is 2. The minimum Gasteiger partial charge on any atom is -0.464 e. The number of hydrogen-bond donors (Lipinski definition) is 1. The maximum atomic E-state index is 11.9. The third kappa shape index (κ3) is 1.75. The number of methoxy groups -OCH3 is 1. The number of carbonyl (C=O) groups is 1. The van der Waals surface area contributed by atoms with Crippen molar-refractivity contribution in [1.82, 2.24) is 14.9 Å². The highest BCUT2D eigenvalue weighted by atomic mass is 16.5. The molecule has 0 atom stereocenters. The van der Waals surface area contributed by atoms with Crippen LogP contribution < -0.4 is 5.56 Å². The van der Waals surface area contributed by atoms with Crippen LogP contribution in [0.25, 0.3) is 11.3 Å². The molecule has 0 radical (unpaired) electrons. The molecule has 7 heteroatoms. The van der Waals surface area contributed by atoms with Gasteiger partial charge in [-0.25, -0.2) is 4.79 Å². The van der Waals surface area contributed by atoms with Crippen LogP contribution in [0.15, 0.2) is 15.4 Å². The first kappa shape index (κ1) is 11.2. The minimum atomic E-state index is -0.633. The number of aromatic amines is 1. The molecule has 2 rings (SSSR count). The number of rotatable bonds is 2. The zero-order valence-electron chi connectivity index (χ0n) is 9.60. The molecule has 0 spiro atoms. The van der Waals surface area contributed by atoms with Crippen molar-refractivity contribution in [3.63, 3.8) is 0 Å². The number of hydrogen-bond acceptors (Lipinski definition) is 5. The average molecular weight is 237 g/mol. The van der Waals surface area contributed by atoms with E-state index in [1.807, 2.05) is 0 Å². The van der Waals surface area contributed by atoms with Crippen LogP contribution in [0.3, 0.4) is 0 Å². The van der Waals surface area contributed by atoms with Crippen LogP contribution in [0, 0.1) is 6.92 Å². The van der Waals surface area contributed by atoms with Crippen LogP contribution in [0.1, 0.15) is 16.2 Å². The van der Waals surface area contributed by atoms with Crippen molar-refractivity contribution in [2.45, 2.75) is 6.92 Å². The summed E-state index contributed by atoms with van der Waals surface area (Å²) in [6.45, 7) is 1.72. The number of H-pyrrole nitrogens is 1. The van der Waals surface area contributed by atoms with E-state index in [9.17, 15) is 9.59 Å². The maximum Gasteiger partial charge on any atom is 0.356 e. The van der Waals surface area contributed by atoms with Crippen LogP contribution in [0.2, 0.25) is 0 Å². The molecule has 17 heavy (non-hydrogen) atoms. The Kier molecular flexibility index (Phi) is 2.58. The quantitative estimate of drug-likeness (QED) is 0.766. The highest BCUT2D eigenvalue weighted by molar-refractivity contribution is 5.94. The molecule has 0 saturated carbocycles. The summed E-state index contributed by atoms with van der Waals surface area (Å²) in [5.41, 5.74) is 0.428. The second kappa shape index (κ2) is 3.93. The monoisotopic (exact) mass is 237 g/mol. The Bertz CT molecular complexity index is 620. The molecule has 0 aliphatic carbocycles. The number of carbonyl (C=O) groups excluding carboxylic acids is 1. The van der Waals surface area contributed by atoms with Gasteiger partial charge in [0.25, 0.3) is 5.56 Å². The van der Waals surface area contributed by atoms with Crippen LogP contribution >= 0.6 is 0 Å². The Morgan fingerprint density at radius 3 is 2.82 bits per heavy atom. The number of nitrogens with one attached hydrogen (secondary N) is 1. The largest absolute Gasteiger partial charge is 0.464 e. The molecule has 2 heterocycles. The third-order valence-electron chi connectivity index (χ3n) is 2.31. The Balaban J connectivity index is 2.67. The summed E-state index contributed by atoms with van der Waals surface area (Å²) in [6.07, 6.45) is 0. The molecule has 7 nitrogen and oxygen atoms in total. The lowest BCUT2D eigenvalue weighted by Crippen LogP contribution is -2.12. The first-order valence-electron chi connectivity index (χ1n) is 4.85. The van der Waals surface area contributed by atoms with Gasteiger partial charge in [0.1, 0.15) is 5.56 Å². The van der Waals surface area contributed by atoms with E-state index < -0.39 is 5.97 Å². The van der Waals surface area contributed by atoms with Crippen molar-refractivity contribution in [3.8, 4) is 11.3 Å². The molecule has 0 fully saturated rings. The normalized spacial score (nSPS) is 10.5. The number of esters is 1. The molecule has 0 aromatic carbocycles. The van der Waals surface area contributed by atoms with E-state index in [4.69, 9.17) is 4.52 Å². The van der Waals surface area contributed by atoms with Gasteiger partial charge in [0.2, 0.25) is 0 Å². The highest BCUT2D eigenvalue weighted by Gasteiger charge is 2.23. The van der Waals surface area contributed by atoms with Gasteiger partial charge >= 0.3 is 5.97 Å². The molecule has 0 amide bonds. The van der Waals surface area contributed by atoms with Crippen LogP contribution in [0.5, 0.6) is 0 Å². The minimum absolute atomic E-state index is 0.0520. The Morgan fingerprint density at radius 1 is 1.59 bits per heavy atom. The van der Waals surface area contributed by atoms with Crippen LogP contribution in [0.4, 0.5) is 0 Å². The lowest BCUT2D eigenvalue weighted by molar-refractivity contribution is 0.0593. The molecule has 1 N–H and O–H groups in total. The summed E-state index contributed by atoms with van der Waals surface area (Å²) < 4.78 is 10.8. The summed E-state index contributed by atoms with van der Waals surface area (Å²) in [7, 11) is 2.74. The molecule has 0 aliphatic rings. The SMILES string of the molecule is COC(=O)c1[nH]n(C)c(=O)c1-c1cc(C)no1. The van der Waals surface area contributed by atoms with E-state index >= 15 is 0 Å². The van der Waals surface area contributed by atoms with Gasteiger partial charge in [-0.15, -0.1) is 0 Å². The summed E-state index contributed by atoms with van der Waals surface area (Å²) in [5, 5.41) is 6.29. The van der Waals surface area contributed by atoms with Gasteiger partial charge in [-0.1, -0.05) is 5.16 Å². The standard InChI is InChI=1S/C10H11N3O4/c1-5-4-6(17-12-5)7-8(10(15)16-3)11-13(2)9(7)14/h4,11H,1-3H3. The molecule has 90 valence electrons. The summed E-state index contributed by atoms with van der Waals surface area (Å²) in [4.78, 5) is 23.4. The fourth-order valence-corrected chi connectivity index (χ4v) is 1.51. The molecule has 0 aliphatic heterocycles. The molecule has 0 saturated heterocycles. The average Bonchev–Trinajstić information content (AvgIpc) is 2.84. The predicted octanol–water partition coefficient (Wildman–Crippen LogP) is 0.463. The molecule has 2 aromatic rings. The van der Waals surface area contributed by atoms with Crippen molar-refractivity contribution in [3.05, 3.63) is 27.8 Å². The summed E-state index contributed by atoms with van der Waals surface area (Å²) in [5.74, 6) is -0.392. The van der Waals surface area contributed by atoms with Gasteiger partial charge in [-0.05, 0) is 6.92 Å². The van der Waals surface area contributed by atoms with Gasteiger partial charge in [0, 0.05) is 13.1 Å². The van der Waals surface area contributed by atoms with Crippen molar-refractivity contribution in [2.24, 2.45) is 7.05 Å². The van der Waals surface area contributed by atoms with Crippen molar-refractivity contribution in [2.75, 3.05) is 7.11 Å². The van der Waals surface area contributed by atoms with E-state index in [0.717, 1.165) is 0 Å². The Labute approximate surface area is 96.0 Å². The smallest absolute Gasteiger partial charge is 0.356 e. The molecule has 0 unspecified atom stereocenters. The van der Waals surface area contributed by atoms with Crippen LogP contribution in [-0.2, 0) is 11.8 Å². The van der Waals surface area contributed by atoms with Gasteiger partial charge in [0.15, 0.2) is 11.5 Å². The first-order chi connectivity index (χ1) is 8.04. The van der Waals surface area contributed by atoms with E-state index in [1.54, 1.807) is 13.0 Å². The van der Waals surface area contributed by atoms with E-state index in [0.29, 0.717) is 5.69 Å². The molecule has 0 bridgehead atoms. The van der Waals surface area contributed by atoms with E-state index in [-0.39, 0.29) is 22.6 Å². The number of aryl methyl sites for hydroxylation is 2. The van der Waals surface area contributed by atoms with Crippen molar-refractivity contribution < 1.29 is 14.1 Å². The lowest BCUT2D eigenvalue weighted by Gasteiger charge is -1.96. The zero-order chi connectivity index (χ0) is 12.6. The third-order valence-corrected chi connectivity index (χ3v) is 2.31. The fourth-order valence-electron chi connectivity index (χ4n) is 1.51. The van der Waals surface area contributed by atoms with Crippen molar-refractivity contribution >= 4 is 5.97 Å². The summed E-state index contributed by atoms with van der Waals surface area (Å²) >= 11 is 0. The topological polar surface area (TPSA) is 90.1 Å². The second-order valence-corrected chi connectivity index (χ2v) is 3.55. The zero-order valence-corrected chi connectivity index (χ0v) is 9.60. The highest BCUT2D eigenvalue weighted by Crippen LogP contribution is 2.20. The van der Waals surface area contributed by atoms with E-state index in [2.05, 4.69) is 15.0 Å². The van der Waals surface area contributed by atoms with Gasteiger partial charge in [-0.3, -0.25) is 14.6 Å². The van der Waals surface area contributed by atoms with E-state index in [1.165, 1.54) is 18.8 Å². The van der Waals surface area contributed by atoms with Crippen LogP contribution in [-0.4, -0.2) is 28.0 Å². The molecule has 2 aromatic heterocycles. The summed E-state index contributed by atoms with van der Waals surface area (Å²) in [6, 6.07) is 1.58. The van der Waals surface area contributed by atoms with Gasteiger partial charge in [0.05, 0.1) is 12.8 Å². The fraction of sp³-hybridized carbons (Fsp3) is 0.300. The molecular weight excluding hydrogens is 226 g/mol. The maximum absolute atomic E-state index is 11.9. The second-order valence-electron chi connectivity index (χ2n) is 3.55. The van der Waals surface area contributed by atoms with Gasteiger partial charge in [-0.2, -0.15) is 0 Å². The Morgan fingerprint density at radius 2 is 2.29 bits per heavy atom. The predicted molar refractivity (Wildman–Crippen MR) is 57.6 cm³/mol. The van der Waals surface area contributed by atoms with Crippen molar-refractivity contribution in [1.29, 1.82) is 0 Å². The lowest BCUT2D eigenvalue weighted by atomic mass is 10.2. The molecular formula is C10H11N3O4. The Hall–Kier alpha value is -2.31. The number of aromatic nitrogens is 3. The number of ether oxygens (including phenoxy) is 1. The van der Waals surface area contributed by atoms with Gasteiger partial charge < -0.3 is 9.26 Å².